The maximum atomic E-state index is 6.75. The van der Waals surface area contributed by atoms with Gasteiger partial charge in [0.05, 0.1) is 0 Å². The van der Waals surface area contributed by atoms with Gasteiger partial charge in [0.1, 0.15) is 69.0 Å². The number of hydrogen-bond acceptors (Lipinski definition) is 9. The first-order chi connectivity index (χ1) is 71.1. The molecule has 6 aliphatic heterocycles. The SMILES string of the molecule is CC1(C)c2cc(N(c3ccccc3)c3ccccc3)ccc2-c2cc3c(cc21)B1c2cc(-c4ccccc4)ccc2Oc2cccc(c21)O3.CC1(C)c2cc(N(c3ccccc3)c3ccccc3)ccc2-c2cc3c(cc21)B1c2ccc(-c4ccccc4)cc2Oc2cccc(c21)O3.CC1(C)c2cc(N(c3ccccc3)c3ccccc3)ccc2-c2cc3c(cc21)B1c2ccc4ccccc4c2Oc2cccc(c21)O3. The lowest BCUT2D eigenvalue weighted by Crippen LogP contribution is -2.57. The molecule has 21 aromatic rings. The van der Waals surface area contributed by atoms with Crippen molar-refractivity contribution in [1.82, 2.24) is 0 Å². The fourth-order valence-corrected chi connectivity index (χ4v) is 24.5. The molecule has 0 fully saturated rings. The maximum absolute atomic E-state index is 6.75. The molecule has 686 valence electrons. The molecular formula is C133H94B3N3O6. The van der Waals surface area contributed by atoms with Crippen molar-refractivity contribution in [3.8, 4) is 125 Å². The van der Waals surface area contributed by atoms with Crippen LogP contribution in [-0.4, -0.2) is 20.1 Å². The molecular weight excluding hydrogens is 1770 g/mol. The van der Waals surface area contributed by atoms with Crippen molar-refractivity contribution in [2.45, 2.75) is 57.8 Å². The summed E-state index contributed by atoms with van der Waals surface area (Å²) in [6.45, 7) is 14.2. The lowest BCUT2D eigenvalue weighted by atomic mass is 9.34. The zero-order chi connectivity index (χ0) is 96.7. The zero-order valence-electron chi connectivity index (χ0n) is 80.9. The van der Waals surface area contributed by atoms with Gasteiger partial charge in [-0.3, -0.25) is 0 Å². The van der Waals surface area contributed by atoms with Crippen LogP contribution in [0.25, 0.3) is 66.4 Å². The van der Waals surface area contributed by atoms with Gasteiger partial charge in [-0.1, -0.05) is 327 Å². The quantitative estimate of drug-likeness (QED) is 0.118. The Morgan fingerprint density at radius 2 is 0.455 bits per heavy atom. The summed E-state index contributed by atoms with van der Waals surface area (Å²) >= 11 is 0. The van der Waals surface area contributed by atoms with Gasteiger partial charge in [0.2, 0.25) is 0 Å². The zero-order valence-corrected chi connectivity index (χ0v) is 80.9. The van der Waals surface area contributed by atoms with Gasteiger partial charge in [-0.25, -0.2) is 0 Å². The highest BCUT2D eigenvalue weighted by atomic mass is 16.5. The van der Waals surface area contributed by atoms with Crippen molar-refractivity contribution in [3.05, 3.63) is 494 Å². The van der Waals surface area contributed by atoms with Crippen LogP contribution >= 0.6 is 0 Å². The molecule has 0 aromatic heterocycles. The van der Waals surface area contributed by atoms with Crippen molar-refractivity contribution < 1.29 is 28.4 Å². The van der Waals surface area contributed by atoms with Crippen LogP contribution in [0.1, 0.15) is 74.9 Å². The topological polar surface area (TPSA) is 65.1 Å². The van der Waals surface area contributed by atoms with Gasteiger partial charge in [-0.05, 0) is 303 Å². The van der Waals surface area contributed by atoms with Gasteiger partial charge in [-0.2, -0.15) is 0 Å². The minimum atomic E-state index is -0.228. The monoisotopic (exact) mass is 1860 g/mol. The molecule has 0 unspecified atom stereocenters. The molecule has 0 saturated heterocycles. The van der Waals surface area contributed by atoms with Crippen molar-refractivity contribution >= 4 is 131 Å². The highest BCUT2D eigenvalue weighted by Crippen LogP contribution is 2.58. The van der Waals surface area contributed by atoms with Crippen LogP contribution in [-0.2, 0) is 16.2 Å². The van der Waals surface area contributed by atoms with E-state index in [0.29, 0.717) is 0 Å². The van der Waals surface area contributed by atoms with E-state index in [1.165, 1.54) is 122 Å². The molecule has 21 aromatic carbocycles. The number of para-hydroxylation sites is 6. The second kappa shape index (κ2) is 33.2. The Labute approximate surface area is 845 Å². The van der Waals surface area contributed by atoms with Crippen molar-refractivity contribution in [2.24, 2.45) is 0 Å². The van der Waals surface area contributed by atoms with Crippen LogP contribution in [0.5, 0.6) is 69.0 Å². The fraction of sp³-hybridized carbons (Fsp3) is 0.0677. The summed E-state index contributed by atoms with van der Waals surface area (Å²) in [7, 11) is 0. The minimum absolute atomic E-state index is 0.00520. The van der Waals surface area contributed by atoms with Gasteiger partial charge in [0, 0.05) is 89.2 Å². The first-order valence-electron chi connectivity index (χ1n) is 50.2. The molecule has 0 atom stereocenters. The molecule has 0 radical (unpaired) electrons. The smallest absolute Gasteiger partial charge is 0.260 e. The van der Waals surface area contributed by atoms with Crippen molar-refractivity contribution in [2.75, 3.05) is 14.7 Å². The number of benzene rings is 21. The largest absolute Gasteiger partial charge is 0.458 e. The third-order valence-corrected chi connectivity index (χ3v) is 31.5. The van der Waals surface area contributed by atoms with E-state index in [2.05, 4.69) is 499 Å². The van der Waals surface area contributed by atoms with Crippen LogP contribution in [0.3, 0.4) is 0 Å². The van der Waals surface area contributed by atoms with E-state index < -0.39 is 0 Å². The van der Waals surface area contributed by atoms with Crippen LogP contribution in [0.15, 0.2) is 461 Å². The summed E-state index contributed by atoms with van der Waals surface area (Å²) < 4.78 is 40.0. The molecule has 0 amide bonds. The number of anilines is 9. The molecule has 3 aliphatic carbocycles. The molecule has 0 N–H and O–H groups in total. The number of fused-ring (bicyclic) bond motifs is 23. The Hall–Kier alpha value is -17.7. The van der Waals surface area contributed by atoms with Crippen LogP contribution in [0.4, 0.5) is 51.2 Å². The normalized spacial score (nSPS) is 14.0. The summed E-state index contributed by atoms with van der Waals surface area (Å²) in [5.74, 6) is 10.7. The fourth-order valence-electron chi connectivity index (χ4n) is 24.5. The lowest BCUT2D eigenvalue weighted by Gasteiger charge is -2.34. The molecule has 9 aliphatic rings. The number of ether oxygens (including phenoxy) is 6. The van der Waals surface area contributed by atoms with Crippen molar-refractivity contribution in [1.29, 1.82) is 0 Å². The second-order valence-corrected chi connectivity index (χ2v) is 40.7. The third kappa shape index (κ3) is 13.7. The predicted octanol–water partition coefficient (Wildman–Crippen LogP) is 29.1. The van der Waals surface area contributed by atoms with E-state index >= 15 is 0 Å². The summed E-state index contributed by atoms with van der Waals surface area (Å²) in [5, 5.41) is 2.32. The third-order valence-electron chi connectivity index (χ3n) is 31.5. The van der Waals surface area contributed by atoms with E-state index in [1.54, 1.807) is 0 Å². The molecule has 30 rings (SSSR count). The average molecular weight is 1860 g/mol. The standard InChI is InChI=1S/2C45H32BNO2.C43H30BNO2/c1-45(2)36-26-33(47(31-15-8-4-9-16-31)32-17-10-5-11-18-32)22-23-34(36)35-27-43-39(28-37(35)45)46-38-25-30(29-13-6-3-7-14-29)21-24-40(38)48-41-19-12-20-42(49-43)44(41)46;1-45(2)36-26-33(47(31-15-8-4-9-16-31)32-17-10-5-11-18-32)22-23-34(36)35-27-43-39(28-37(35)45)46-38-24-21-30(29-13-6-3-7-14-29)25-42(38)48-40-19-12-20-41(49-43)44(40)46;1-43(2)34-24-30(45(28-13-5-3-6-14-28)29-15-7-4-8-16-29)21-22-32(34)33-25-40-37(26-35(33)43)44-36-23-20-27-12-9-10-17-31(27)42(36)47-39-19-11-18-38(46-40)41(39)44/h2*3-28H,1-2H3;3-26H,1-2H3. The predicted molar refractivity (Wildman–Crippen MR) is 598 cm³/mol. The lowest BCUT2D eigenvalue weighted by molar-refractivity contribution is 0.464. The van der Waals surface area contributed by atoms with E-state index in [4.69, 9.17) is 28.4 Å². The average Bonchev–Trinajstić information content (AvgIpc) is 1.71. The van der Waals surface area contributed by atoms with Gasteiger partial charge in [-0.15, -0.1) is 0 Å². The molecule has 0 spiro atoms. The second-order valence-electron chi connectivity index (χ2n) is 40.7. The maximum Gasteiger partial charge on any atom is 0.260 e. The van der Waals surface area contributed by atoms with Gasteiger partial charge >= 0.3 is 0 Å². The van der Waals surface area contributed by atoms with Gasteiger partial charge in [0.25, 0.3) is 20.1 Å². The number of hydrogen-bond donors (Lipinski definition) is 0. The van der Waals surface area contributed by atoms with E-state index in [0.717, 1.165) is 148 Å². The summed E-state index contributed by atoms with van der Waals surface area (Å²) in [6, 6.07) is 164. The molecule has 0 saturated carbocycles. The first kappa shape index (κ1) is 85.3. The minimum Gasteiger partial charge on any atom is -0.458 e. The van der Waals surface area contributed by atoms with Crippen LogP contribution in [0, 0.1) is 0 Å². The summed E-state index contributed by atoms with van der Waals surface area (Å²) in [4.78, 5) is 7.03. The highest BCUT2D eigenvalue weighted by Gasteiger charge is 2.49. The van der Waals surface area contributed by atoms with E-state index in [-0.39, 0.29) is 36.4 Å². The molecule has 6 heterocycles. The Kier molecular flexibility index (Phi) is 19.5. The Morgan fingerprint density at radius 1 is 0.172 bits per heavy atom. The Morgan fingerprint density at radius 3 is 0.828 bits per heavy atom. The Balaban J connectivity index is 0.000000106. The van der Waals surface area contributed by atoms with Crippen molar-refractivity contribution in [3.63, 3.8) is 0 Å². The molecule has 145 heavy (non-hydrogen) atoms. The van der Waals surface area contributed by atoms with Crippen LogP contribution < -0.4 is 92.3 Å². The Bertz CT molecular complexity index is 8760. The molecule has 9 nitrogen and oxygen atoms in total. The molecule has 12 heteroatoms. The summed E-state index contributed by atoms with van der Waals surface area (Å²) in [5.41, 5.74) is 40.1. The first-order valence-corrected chi connectivity index (χ1v) is 50.2. The van der Waals surface area contributed by atoms with Gasteiger partial charge < -0.3 is 43.1 Å². The van der Waals surface area contributed by atoms with Crippen LogP contribution in [0.2, 0.25) is 0 Å². The summed E-state index contributed by atoms with van der Waals surface area (Å²) in [6.07, 6.45) is 0. The van der Waals surface area contributed by atoms with Gasteiger partial charge in [0.15, 0.2) is 0 Å². The van der Waals surface area contributed by atoms with E-state index in [9.17, 15) is 0 Å². The molecule has 0 bridgehead atoms. The van der Waals surface area contributed by atoms with E-state index in [1.807, 2.05) is 18.2 Å². The number of nitrogens with zero attached hydrogens (tertiary/aromatic N) is 3. The number of rotatable bonds is 11. The highest BCUT2D eigenvalue weighted by molar-refractivity contribution is 7.00.